The van der Waals surface area contributed by atoms with Gasteiger partial charge in [0.2, 0.25) is 0 Å². The van der Waals surface area contributed by atoms with Crippen LogP contribution in [0.5, 0.6) is 5.75 Å². The number of pyridine rings is 1. The lowest BCUT2D eigenvalue weighted by Gasteiger charge is -2.19. The van der Waals surface area contributed by atoms with E-state index in [4.69, 9.17) is 4.74 Å². The van der Waals surface area contributed by atoms with Crippen LogP contribution in [0.1, 0.15) is 48.5 Å². The van der Waals surface area contributed by atoms with Gasteiger partial charge in [-0.2, -0.15) is 0 Å². The van der Waals surface area contributed by atoms with Crippen molar-refractivity contribution in [3.8, 4) is 17.6 Å². The highest BCUT2D eigenvalue weighted by molar-refractivity contribution is 5.39. The summed E-state index contributed by atoms with van der Waals surface area (Å²) in [6, 6.07) is 9.59. The van der Waals surface area contributed by atoms with Gasteiger partial charge in [0.25, 0.3) is 5.56 Å². The van der Waals surface area contributed by atoms with E-state index in [0.29, 0.717) is 28.6 Å². The van der Waals surface area contributed by atoms with Gasteiger partial charge in [0.1, 0.15) is 18.2 Å². The lowest BCUT2D eigenvalue weighted by atomic mass is 10.0. The van der Waals surface area contributed by atoms with Gasteiger partial charge in [-0.25, -0.2) is 14.4 Å². The van der Waals surface area contributed by atoms with E-state index in [1.807, 2.05) is 19.9 Å². The molecule has 0 saturated heterocycles. The molecule has 6 heteroatoms. The van der Waals surface area contributed by atoms with E-state index < -0.39 is 0 Å². The van der Waals surface area contributed by atoms with Crippen LogP contribution in [-0.4, -0.2) is 14.5 Å². The smallest absolute Gasteiger partial charge is 0.254 e. The molecule has 1 fully saturated rings. The average Bonchev–Trinajstić information content (AvgIpc) is 3.56. The largest absolute Gasteiger partial charge is 0.485 e. The van der Waals surface area contributed by atoms with Gasteiger partial charge in [0, 0.05) is 30.1 Å². The highest BCUT2D eigenvalue weighted by Gasteiger charge is 2.18. The number of benzene rings is 1. The number of aromatic nitrogens is 3. The third-order valence-corrected chi connectivity index (χ3v) is 5.07. The maximum absolute atomic E-state index is 14.5. The molecule has 5 nitrogen and oxygen atoms in total. The first-order valence-corrected chi connectivity index (χ1v) is 9.94. The van der Waals surface area contributed by atoms with Gasteiger partial charge in [-0.1, -0.05) is 17.9 Å². The van der Waals surface area contributed by atoms with Gasteiger partial charge in [-0.15, -0.1) is 0 Å². The van der Waals surface area contributed by atoms with Gasteiger partial charge in [0.15, 0.2) is 5.82 Å². The fraction of sp³-hybridized carbons (Fsp3) is 0.292. The molecule has 2 aromatic heterocycles. The standard InChI is InChI=1S/C24H22FN3O2/c1-16-12-21(30-15-23-26-10-3-11-27-23)14-24(29)28(16)17(2)20-9-8-19(22(25)13-20)7-6-18-4-5-18/h3,8-14,17-18H,4-5,15H2,1-2H3/t17-/m0/s1. The number of rotatable bonds is 5. The molecule has 0 radical (unpaired) electrons. The Balaban J connectivity index is 1.53. The Kier molecular flexibility index (Phi) is 5.62. The highest BCUT2D eigenvalue weighted by atomic mass is 19.1. The first-order valence-electron chi connectivity index (χ1n) is 9.94. The number of aryl methyl sites for hydroxylation is 1. The molecule has 0 amide bonds. The highest BCUT2D eigenvalue weighted by Crippen LogP contribution is 2.28. The number of ether oxygens (including phenoxy) is 1. The van der Waals surface area contributed by atoms with Crippen LogP contribution in [0.3, 0.4) is 0 Å². The van der Waals surface area contributed by atoms with E-state index >= 15 is 0 Å². The van der Waals surface area contributed by atoms with E-state index in [1.165, 1.54) is 12.1 Å². The van der Waals surface area contributed by atoms with Crippen molar-refractivity contribution in [3.05, 3.63) is 87.6 Å². The van der Waals surface area contributed by atoms with Crippen LogP contribution in [0.4, 0.5) is 4.39 Å². The van der Waals surface area contributed by atoms with Crippen molar-refractivity contribution in [2.75, 3.05) is 0 Å². The molecule has 30 heavy (non-hydrogen) atoms. The lowest BCUT2D eigenvalue weighted by Crippen LogP contribution is -2.25. The molecule has 0 aliphatic heterocycles. The van der Waals surface area contributed by atoms with Gasteiger partial charge >= 0.3 is 0 Å². The van der Waals surface area contributed by atoms with Crippen LogP contribution in [0.25, 0.3) is 0 Å². The Morgan fingerprint density at radius 3 is 2.67 bits per heavy atom. The molecular formula is C24H22FN3O2. The molecule has 1 aliphatic carbocycles. The molecule has 152 valence electrons. The van der Waals surface area contributed by atoms with E-state index in [-0.39, 0.29) is 24.0 Å². The van der Waals surface area contributed by atoms with Crippen LogP contribution in [-0.2, 0) is 6.61 Å². The normalized spacial score (nSPS) is 14.0. The number of halogens is 1. The minimum Gasteiger partial charge on any atom is -0.485 e. The van der Waals surface area contributed by atoms with Gasteiger partial charge < -0.3 is 9.30 Å². The zero-order valence-corrected chi connectivity index (χ0v) is 16.9. The molecule has 0 N–H and O–H groups in total. The van der Waals surface area contributed by atoms with Crippen molar-refractivity contribution in [2.24, 2.45) is 5.92 Å². The summed E-state index contributed by atoms with van der Waals surface area (Å²) < 4.78 is 21.8. The third-order valence-electron chi connectivity index (χ3n) is 5.07. The molecule has 0 unspecified atom stereocenters. The van der Waals surface area contributed by atoms with Crippen LogP contribution in [0, 0.1) is 30.5 Å². The molecule has 4 rings (SSSR count). The van der Waals surface area contributed by atoms with Crippen molar-refractivity contribution in [3.63, 3.8) is 0 Å². The predicted octanol–water partition coefficient (Wildman–Crippen LogP) is 4.04. The fourth-order valence-electron chi connectivity index (χ4n) is 3.26. The summed E-state index contributed by atoms with van der Waals surface area (Å²) in [5, 5.41) is 0. The number of hydrogen-bond acceptors (Lipinski definition) is 4. The van der Waals surface area contributed by atoms with E-state index in [9.17, 15) is 9.18 Å². The summed E-state index contributed by atoms with van der Waals surface area (Å²) in [6.45, 7) is 3.88. The Hall–Kier alpha value is -3.46. The fourth-order valence-corrected chi connectivity index (χ4v) is 3.26. The second-order valence-electron chi connectivity index (χ2n) is 7.45. The Bertz CT molecular complexity index is 1170. The van der Waals surface area contributed by atoms with Crippen molar-refractivity contribution < 1.29 is 9.13 Å². The molecule has 1 atom stereocenters. The van der Waals surface area contributed by atoms with Crippen molar-refractivity contribution in [1.82, 2.24) is 14.5 Å². The molecule has 0 spiro atoms. The van der Waals surface area contributed by atoms with Gasteiger partial charge in [-0.3, -0.25) is 4.79 Å². The predicted molar refractivity (Wildman–Crippen MR) is 112 cm³/mol. The van der Waals surface area contributed by atoms with Crippen LogP contribution in [0.2, 0.25) is 0 Å². The summed E-state index contributed by atoms with van der Waals surface area (Å²) in [5.74, 6) is 7.03. The summed E-state index contributed by atoms with van der Waals surface area (Å²) in [4.78, 5) is 21.0. The zero-order chi connectivity index (χ0) is 21.1. The summed E-state index contributed by atoms with van der Waals surface area (Å²) in [6.07, 6.45) is 5.48. The molecular weight excluding hydrogens is 381 g/mol. The topological polar surface area (TPSA) is 57.0 Å². The minimum absolute atomic E-state index is 0.174. The first-order chi connectivity index (χ1) is 14.5. The van der Waals surface area contributed by atoms with Gasteiger partial charge in [-0.05, 0) is 56.5 Å². The monoisotopic (exact) mass is 403 g/mol. The van der Waals surface area contributed by atoms with E-state index in [0.717, 1.165) is 18.5 Å². The molecule has 3 aromatic rings. The Labute approximate surface area is 174 Å². The van der Waals surface area contributed by atoms with Crippen LogP contribution in [0.15, 0.2) is 53.6 Å². The maximum atomic E-state index is 14.5. The third kappa shape index (κ3) is 4.57. The molecule has 1 aromatic carbocycles. The quantitative estimate of drug-likeness (QED) is 0.604. The SMILES string of the molecule is Cc1cc(OCc2ncccn2)cc(=O)n1[C@@H](C)c1ccc(C#CC2CC2)c(F)c1. The lowest BCUT2D eigenvalue weighted by molar-refractivity contribution is 0.294. The number of nitrogens with zero attached hydrogens (tertiary/aromatic N) is 3. The Morgan fingerprint density at radius 1 is 1.23 bits per heavy atom. The van der Waals surface area contributed by atoms with Crippen molar-refractivity contribution in [2.45, 2.75) is 39.3 Å². The molecule has 0 bridgehead atoms. The first kappa shape index (κ1) is 19.8. The molecule has 1 aliphatic rings. The second kappa shape index (κ2) is 8.50. The average molecular weight is 403 g/mol. The molecule has 2 heterocycles. The minimum atomic E-state index is -0.360. The maximum Gasteiger partial charge on any atom is 0.254 e. The van der Waals surface area contributed by atoms with Crippen molar-refractivity contribution in [1.29, 1.82) is 0 Å². The summed E-state index contributed by atoms with van der Waals surface area (Å²) in [5.41, 5.74) is 1.61. The summed E-state index contributed by atoms with van der Waals surface area (Å²) >= 11 is 0. The van der Waals surface area contributed by atoms with E-state index in [1.54, 1.807) is 35.2 Å². The van der Waals surface area contributed by atoms with Crippen LogP contribution < -0.4 is 10.3 Å². The van der Waals surface area contributed by atoms with Crippen molar-refractivity contribution >= 4 is 0 Å². The van der Waals surface area contributed by atoms with Gasteiger partial charge in [0.05, 0.1) is 11.6 Å². The number of hydrogen-bond donors (Lipinski definition) is 0. The van der Waals surface area contributed by atoms with E-state index in [2.05, 4.69) is 21.8 Å². The second-order valence-corrected chi connectivity index (χ2v) is 7.45. The zero-order valence-electron chi connectivity index (χ0n) is 16.9. The summed E-state index contributed by atoms with van der Waals surface area (Å²) in [7, 11) is 0. The Morgan fingerprint density at radius 2 is 2.00 bits per heavy atom. The molecule has 1 saturated carbocycles. The van der Waals surface area contributed by atoms with Crippen LogP contribution >= 0.6 is 0 Å².